The summed E-state index contributed by atoms with van der Waals surface area (Å²) in [5.74, 6) is -0.209. The number of benzene rings is 2. The molecule has 0 unspecified atom stereocenters. The van der Waals surface area contributed by atoms with Gasteiger partial charge in [-0.3, -0.25) is 20.4 Å². The molecule has 0 fully saturated rings. The standard InChI is InChI=1S/C19H18Cl2N2O3/c20-15-9-10-17(16(21)13-15)26-12-4-7-18(24)22-23-19(25)11-8-14-5-2-1-3-6-14/h1-3,5-6,8-11,13H,4,7,12H2,(H,22,24)(H,23,25). The normalized spacial score (nSPS) is 10.5. The highest BCUT2D eigenvalue weighted by Gasteiger charge is 2.05. The highest BCUT2D eigenvalue weighted by atomic mass is 35.5. The summed E-state index contributed by atoms with van der Waals surface area (Å²) in [6.45, 7) is 0.316. The van der Waals surface area contributed by atoms with Gasteiger partial charge in [0.2, 0.25) is 5.91 Å². The molecule has 0 saturated heterocycles. The van der Waals surface area contributed by atoms with Crippen molar-refractivity contribution in [3.8, 4) is 5.75 Å². The van der Waals surface area contributed by atoms with Crippen LogP contribution in [0, 0.1) is 0 Å². The smallest absolute Gasteiger partial charge is 0.262 e. The summed E-state index contributed by atoms with van der Waals surface area (Å²) in [7, 11) is 0. The van der Waals surface area contributed by atoms with E-state index >= 15 is 0 Å². The Balaban J connectivity index is 1.62. The van der Waals surface area contributed by atoms with Crippen molar-refractivity contribution < 1.29 is 14.3 Å². The van der Waals surface area contributed by atoms with Crippen LogP contribution in [0.4, 0.5) is 0 Å². The number of carbonyl (C=O) groups excluding carboxylic acids is 2. The van der Waals surface area contributed by atoms with Gasteiger partial charge in [0.1, 0.15) is 5.75 Å². The van der Waals surface area contributed by atoms with Crippen molar-refractivity contribution in [2.24, 2.45) is 0 Å². The van der Waals surface area contributed by atoms with Crippen LogP contribution in [0.5, 0.6) is 5.75 Å². The van der Waals surface area contributed by atoms with Gasteiger partial charge >= 0.3 is 0 Å². The lowest BCUT2D eigenvalue weighted by atomic mass is 10.2. The zero-order valence-corrected chi connectivity index (χ0v) is 15.4. The fraction of sp³-hybridized carbons (Fsp3) is 0.158. The molecular weight excluding hydrogens is 375 g/mol. The van der Waals surface area contributed by atoms with Crippen molar-refractivity contribution >= 4 is 41.1 Å². The van der Waals surface area contributed by atoms with Crippen LogP contribution in [0.25, 0.3) is 6.08 Å². The highest BCUT2D eigenvalue weighted by Crippen LogP contribution is 2.27. The fourth-order valence-corrected chi connectivity index (χ4v) is 2.44. The lowest BCUT2D eigenvalue weighted by molar-refractivity contribution is -0.126. The molecule has 5 nitrogen and oxygen atoms in total. The molecule has 7 heteroatoms. The summed E-state index contributed by atoms with van der Waals surface area (Å²) in [4.78, 5) is 23.3. The van der Waals surface area contributed by atoms with Crippen LogP contribution in [0.15, 0.2) is 54.6 Å². The van der Waals surface area contributed by atoms with E-state index in [2.05, 4.69) is 10.9 Å². The van der Waals surface area contributed by atoms with E-state index in [0.29, 0.717) is 28.8 Å². The maximum absolute atomic E-state index is 11.7. The predicted molar refractivity (Wildman–Crippen MR) is 103 cm³/mol. The van der Waals surface area contributed by atoms with Crippen LogP contribution in [0.3, 0.4) is 0 Å². The first kappa shape index (κ1) is 19.8. The van der Waals surface area contributed by atoms with E-state index in [4.69, 9.17) is 27.9 Å². The van der Waals surface area contributed by atoms with Gasteiger partial charge in [-0.2, -0.15) is 0 Å². The zero-order valence-electron chi connectivity index (χ0n) is 13.9. The maximum Gasteiger partial charge on any atom is 0.262 e. The van der Waals surface area contributed by atoms with E-state index in [-0.39, 0.29) is 12.3 Å². The molecule has 0 aromatic heterocycles. The summed E-state index contributed by atoms with van der Waals surface area (Å²) in [6, 6.07) is 14.3. The Morgan fingerprint density at radius 2 is 1.81 bits per heavy atom. The molecule has 0 radical (unpaired) electrons. The van der Waals surface area contributed by atoms with Crippen LogP contribution in [-0.2, 0) is 9.59 Å². The Labute approximate surface area is 161 Å². The number of carbonyl (C=O) groups is 2. The van der Waals surface area contributed by atoms with E-state index in [9.17, 15) is 9.59 Å². The van der Waals surface area contributed by atoms with Gasteiger partial charge in [-0.15, -0.1) is 0 Å². The van der Waals surface area contributed by atoms with E-state index in [0.717, 1.165) is 5.56 Å². The number of hydrazine groups is 1. The van der Waals surface area contributed by atoms with Gasteiger partial charge in [0.15, 0.2) is 0 Å². The first-order valence-corrected chi connectivity index (χ1v) is 8.70. The zero-order chi connectivity index (χ0) is 18.8. The van der Waals surface area contributed by atoms with E-state index < -0.39 is 5.91 Å². The van der Waals surface area contributed by atoms with E-state index in [1.807, 2.05) is 30.3 Å². The lowest BCUT2D eigenvalue weighted by Gasteiger charge is -2.08. The van der Waals surface area contributed by atoms with Crippen molar-refractivity contribution in [2.75, 3.05) is 6.61 Å². The summed E-state index contributed by atoms with van der Waals surface area (Å²) < 4.78 is 5.49. The molecule has 2 amide bonds. The molecule has 136 valence electrons. The monoisotopic (exact) mass is 392 g/mol. The number of rotatable bonds is 7. The number of amides is 2. The number of nitrogens with one attached hydrogen (secondary N) is 2. The lowest BCUT2D eigenvalue weighted by Crippen LogP contribution is -2.40. The van der Waals surface area contributed by atoms with Crippen LogP contribution < -0.4 is 15.6 Å². The van der Waals surface area contributed by atoms with Gasteiger partial charge in [-0.1, -0.05) is 53.5 Å². The second-order valence-corrected chi connectivity index (χ2v) is 6.15. The summed E-state index contributed by atoms with van der Waals surface area (Å²) in [5, 5.41) is 0.943. The SMILES string of the molecule is O=C(C=Cc1ccccc1)NNC(=O)CCCOc1ccc(Cl)cc1Cl. The molecule has 2 aromatic carbocycles. The van der Waals surface area contributed by atoms with Crippen LogP contribution in [0.1, 0.15) is 18.4 Å². The Morgan fingerprint density at radius 3 is 2.54 bits per heavy atom. The third kappa shape index (κ3) is 7.17. The Bertz CT molecular complexity index is 780. The minimum atomic E-state index is -0.411. The number of halogens is 2. The van der Waals surface area contributed by atoms with Gasteiger partial charge in [0, 0.05) is 17.5 Å². The summed E-state index contributed by atoms with van der Waals surface area (Å²) >= 11 is 11.8. The van der Waals surface area contributed by atoms with Crippen LogP contribution >= 0.6 is 23.2 Å². The Hall–Kier alpha value is -2.50. The third-order valence-corrected chi connectivity index (χ3v) is 3.78. The minimum absolute atomic E-state index is 0.202. The predicted octanol–water partition coefficient (Wildman–Crippen LogP) is 4.01. The topological polar surface area (TPSA) is 67.4 Å². The molecule has 0 spiro atoms. The van der Waals surface area contributed by atoms with Crippen molar-refractivity contribution in [3.63, 3.8) is 0 Å². The molecule has 0 aliphatic heterocycles. The largest absolute Gasteiger partial charge is 0.492 e. The van der Waals surface area contributed by atoms with Crippen molar-refractivity contribution in [2.45, 2.75) is 12.8 Å². The molecule has 0 saturated carbocycles. The van der Waals surface area contributed by atoms with Gasteiger partial charge in [0.25, 0.3) is 5.91 Å². The van der Waals surface area contributed by atoms with Gasteiger partial charge < -0.3 is 4.74 Å². The molecule has 2 rings (SSSR count). The Morgan fingerprint density at radius 1 is 1.04 bits per heavy atom. The second-order valence-electron chi connectivity index (χ2n) is 5.31. The molecule has 0 heterocycles. The van der Waals surface area contributed by atoms with Gasteiger partial charge in [0.05, 0.1) is 11.6 Å². The quantitative estimate of drug-likeness (QED) is 0.424. The average molecular weight is 393 g/mol. The molecule has 0 atom stereocenters. The maximum atomic E-state index is 11.7. The molecule has 2 aromatic rings. The van der Waals surface area contributed by atoms with Crippen molar-refractivity contribution in [3.05, 3.63) is 70.2 Å². The average Bonchev–Trinajstić information content (AvgIpc) is 2.64. The van der Waals surface area contributed by atoms with Crippen molar-refractivity contribution in [1.29, 1.82) is 0 Å². The van der Waals surface area contributed by atoms with Crippen LogP contribution in [-0.4, -0.2) is 18.4 Å². The first-order valence-electron chi connectivity index (χ1n) is 7.94. The van der Waals surface area contributed by atoms with E-state index in [1.165, 1.54) is 6.08 Å². The molecule has 26 heavy (non-hydrogen) atoms. The molecular formula is C19H18Cl2N2O3. The van der Waals surface area contributed by atoms with Gasteiger partial charge in [-0.05, 0) is 36.3 Å². The van der Waals surface area contributed by atoms with Gasteiger partial charge in [-0.25, -0.2) is 0 Å². The fourth-order valence-electron chi connectivity index (χ4n) is 1.98. The molecule has 2 N–H and O–H groups in total. The summed E-state index contributed by atoms with van der Waals surface area (Å²) in [6.07, 6.45) is 3.68. The Kier molecular flexibility index (Phi) is 7.99. The molecule has 0 aliphatic carbocycles. The third-order valence-electron chi connectivity index (χ3n) is 3.25. The van der Waals surface area contributed by atoms with Crippen LogP contribution in [0.2, 0.25) is 10.0 Å². The highest BCUT2D eigenvalue weighted by molar-refractivity contribution is 6.35. The minimum Gasteiger partial charge on any atom is -0.492 e. The molecule has 0 bridgehead atoms. The first-order chi connectivity index (χ1) is 12.5. The van der Waals surface area contributed by atoms with E-state index in [1.54, 1.807) is 24.3 Å². The number of hydrogen-bond donors (Lipinski definition) is 2. The number of hydrogen-bond acceptors (Lipinski definition) is 3. The second kappa shape index (κ2) is 10.5. The molecule has 0 aliphatic rings. The number of ether oxygens (including phenoxy) is 1. The van der Waals surface area contributed by atoms with Crippen molar-refractivity contribution in [1.82, 2.24) is 10.9 Å². The summed E-state index contributed by atoms with van der Waals surface area (Å²) in [5.41, 5.74) is 5.57.